The molecule has 0 bridgehead atoms. The Morgan fingerprint density at radius 2 is 2.08 bits per heavy atom. The quantitative estimate of drug-likeness (QED) is 0.570. The summed E-state index contributed by atoms with van der Waals surface area (Å²) in [4.78, 5) is 3.60. The van der Waals surface area contributed by atoms with Gasteiger partial charge in [0.25, 0.3) is 0 Å². The first-order chi connectivity index (χ1) is 5.95. The van der Waals surface area contributed by atoms with E-state index in [1.165, 1.54) is 0 Å². The fourth-order valence-electron chi connectivity index (χ4n) is 0.720. The molecule has 1 nitrogen and oxygen atoms in total. The lowest BCUT2D eigenvalue weighted by Crippen LogP contribution is -2.07. The summed E-state index contributed by atoms with van der Waals surface area (Å²) in [6.45, 7) is 0. The number of pyridine rings is 1. The molecule has 1 aromatic heterocycles. The molecule has 1 aromatic rings. The minimum atomic E-state index is -4.34. The number of aromatic nitrogens is 1. The van der Waals surface area contributed by atoms with E-state index in [4.69, 9.17) is 11.6 Å². The van der Waals surface area contributed by atoms with Gasteiger partial charge in [-0.15, -0.1) is 11.6 Å². The maximum Gasteiger partial charge on any atom is 0.417 e. The lowest BCUT2D eigenvalue weighted by atomic mass is 10.2. The molecular weight excluding hydrogens is 317 g/mol. The molecule has 0 radical (unpaired) electrons. The highest BCUT2D eigenvalue weighted by molar-refractivity contribution is 14.1. The Balaban J connectivity index is 3.10. The third kappa shape index (κ3) is 2.70. The molecule has 1 heterocycles. The number of nitrogens with zero attached hydrogens (tertiary/aromatic N) is 1. The van der Waals surface area contributed by atoms with E-state index >= 15 is 0 Å². The Labute approximate surface area is 91.4 Å². The highest BCUT2D eigenvalue weighted by atomic mass is 127. The van der Waals surface area contributed by atoms with Crippen molar-refractivity contribution >= 4 is 34.2 Å². The van der Waals surface area contributed by atoms with Crippen LogP contribution < -0.4 is 0 Å². The van der Waals surface area contributed by atoms with E-state index in [0.29, 0.717) is 9.26 Å². The molecule has 0 aliphatic rings. The normalized spacial score (nSPS) is 11.8. The number of alkyl halides is 4. The van der Waals surface area contributed by atoms with E-state index in [1.807, 2.05) is 0 Å². The molecule has 0 aliphatic carbocycles. The molecule has 0 spiro atoms. The van der Waals surface area contributed by atoms with Crippen molar-refractivity contribution in [3.63, 3.8) is 0 Å². The second-order valence-electron chi connectivity index (χ2n) is 2.28. The Morgan fingerprint density at radius 3 is 2.46 bits per heavy atom. The van der Waals surface area contributed by atoms with Gasteiger partial charge in [0.1, 0.15) is 0 Å². The predicted molar refractivity (Wildman–Crippen MR) is 51.5 cm³/mol. The smallest absolute Gasteiger partial charge is 0.258 e. The lowest BCUT2D eigenvalue weighted by Gasteiger charge is -2.07. The van der Waals surface area contributed by atoms with Crippen molar-refractivity contribution in [3.05, 3.63) is 27.1 Å². The van der Waals surface area contributed by atoms with Crippen LogP contribution in [-0.2, 0) is 12.1 Å². The summed E-state index contributed by atoms with van der Waals surface area (Å²) in [5, 5.41) is 0. The molecule has 0 saturated carbocycles. The molecule has 0 aliphatic heterocycles. The summed E-state index contributed by atoms with van der Waals surface area (Å²) in [6, 6.07) is 1.03. The zero-order chi connectivity index (χ0) is 10.1. The average molecular weight is 321 g/mol. The van der Waals surface area contributed by atoms with Crippen molar-refractivity contribution in [2.45, 2.75) is 12.1 Å². The number of halogens is 5. The molecule has 0 saturated heterocycles. The summed E-state index contributed by atoms with van der Waals surface area (Å²) in [7, 11) is 0. The minimum absolute atomic E-state index is 0.121. The van der Waals surface area contributed by atoms with Crippen molar-refractivity contribution < 1.29 is 13.2 Å². The third-order valence-electron chi connectivity index (χ3n) is 1.37. The van der Waals surface area contributed by atoms with Gasteiger partial charge in [-0.05, 0) is 28.7 Å². The van der Waals surface area contributed by atoms with Crippen molar-refractivity contribution in [2.75, 3.05) is 0 Å². The molecule has 6 heteroatoms. The molecule has 0 atom stereocenters. The van der Waals surface area contributed by atoms with Crippen molar-refractivity contribution in [1.29, 1.82) is 0 Å². The van der Waals surface area contributed by atoms with Crippen LogP contribution in [0.15, 0.2) is 12.3 Å². The lowest BCUT2D eigenvalue weighted by molar-refractivity contribution is -0.137. The highest BCUT2D eigenvalue weighted by Crippen LogP contribution is 2.30. The molecule has 0 unspecified atom stereocenters. The average Bonchev–Trinajstić information content (AvgIpc) is 2.02. The molecular formula is C7H4ClF3IN. The van der Waals surface area contributed by atoms with E-state index in [0.717, 1.165) is 12.3 Å². The zero-order valence-electron chi connectivity index (χ0n) is 6.20. The van der Waals surface area contributed by atoms with E-state index in [2.05, 4.69) is 4.98 Å². The van der Waals surface area contributed by atoms with Crippen molar-refractivity contribution in [3.8, 4) is 0 Å². The van der Waals surface area contributed by atoms with Crippen molar-refractivity contribution in [2.24, 2.45) is 0 Å². The van der Waals surface area contributed by atoms with Crippen LogP contribution in [0.5, 0.6) is 0 Å². The largest absolute Gasteiger partial charge is 0.417 e. The maximum absolute atomic E-state index is 12.1. The van der Waals surface area contributed by atoms with E-state index in [-0.39, 0.29) is 5.88 Å². The van der Waals surface area contributed by atoms with Gasteiger partial charge in [-0.2, -0.15) is 13.2 Å². The van der Waals surface area contributed by atoms with Crippen molar-refractivity contribution in [1.82, 2.24) is 4.98 Å². The van der Waals surface area contributed by atoms with Gasteiger partial charge >= 0.3 is 6.18 Å². The van der Waals surface area contributed by atoms with Crippen LogP contribution in [0.4, 0.5) is 13.2 Å². The highest BCUT2D eigenvalue weighted by Gasteiger charge is 2.31. The first-order valence-corrected chi connectivity index (χ1v) is 4.84. The van der Waals surface area contributed by atoms with Gasteiger partial charge < -0.3 is 0 Å². The summed E-state index contributed by atoms with van der Waals surface area (Å²) in [6.07, 6.45) is -3.54. The van der Waals surface area contributed by atoms with Gasteiger partial charge in [0.05, 0.1) is 17.1 Å². The fourth-order valence-corrected chi connectivity index (χ4v) is 1.82. The monoisotopic (exact) mass is 321 g/mol. The molecule has 13 heavy (non-hydrogen) atoms. The summed E-state index contributed by atoms with van der Waals surface area (Å²) < 4.78 is 36.8. The van der Waals surface area contributed by atoms with Gasteiger partial charge in [0.15, 0.2) is 0 Å². The maximum atomic E-state index is 12.1. The zero-order valence-corrected chi connectivity index (χ0v) is 9.11. The molecule has 1 rings (SSSR count). The Bertz CT molecular complexity index is 313. The Hall–Kier alpha value is -0.0400. The summed E-state index contributed by atoms with van der Waals surface area (Å²) in [5.41, 5.74) is -0.277. The van der Waals surface area contributed by atoms with Crippen LogP contribution >= 0.6 is 34.2 Å². The van der Waals surface area contributed by atoms with Crippen LogP contribution in [0, 0.1) is 3.57 Å². The molecule has 0 fully saturated rings. The Kier molecular flexibility index (Phi) is 3.39. The number of hydrogen-bond acceptors (Lipinski definition) is 1. The summed E-state index contributed by atoms with van der Waals surface area (Å²) in [5.74, 6) is 0.121. The van der Waals surface area contributed by atoms with Gasteiger partial charge in [-0.3, -0.25) is 4.98 Å². The van der Waals surface area contributed by atoms with Crippen LogP contribution in [0.1, 0.15) is 11.3 Å². The Morgan fingerprint density at radius 1 is 1.46 bits per heavy atom. The second-order valence-corrected chi connectivity index (χ2v) is 3.71. The first kappa shape index (κ1) is 11.0. The molecule has 0 N–H and O–H groups in total. The third-order valence-corrected chi connectivity index (χ3v) is 2.56. The van der Waals surface area contributed by atoms with Gasteiger partial charge in [0, 0.05) is 9.77 Å². The number of rotatable bonds is 1. The second kappa shape index (κ2) is 4.00. The molecule has 0 amide bonds. The van der Waals surface area contributed by atoms with E-state index in [1.54, 1.807) is 22.6 Å². The number of hydrogen-bond donors (Lipinski definition) is 0. The van der Waals surface area contributed by atoms with Gasteiger partial charge in [0.2, 0.25) is 0 Å². The van der Waals surface area contributed by atoms with Crippen LogP contribution in [0.3, 0.4) is 0 Å². The fraction of sp³-hybridized carbons (Fsp3) is 0.286. The van der Waals surface area contributed by atoms with Gasteiger partial charge in [-0.1, -0.05) is 0 Å². The van der Waals surface area contributed by atoms with E-state index < -0.39 is 11.7 Å². The minimum Gasteiger partial charge on any atom is -0.258 e. The van der Waals surface area contributed by atoms with Crippen LogP contribution in [-0.4, -0.2) is 4.98 Å². The topological polar surface area (TPSA) is 12.9 Å². The first-order valence-electron chi connectivity index (χ1n) is 3.22. The summed E-state index contributed by atoms with van der Waals surface area (Å²) >= 11 is 7.23. The van der Waals surface area contributed by atoms with Crippen LogP contribution in [0.2, 0.25) is 0 Å². The van der Waals surface area contributed by atoms with Gasteiger partial charge in [-0.25, -0.2) is 0 Å². The molecule has 72 valence electrons. The standard InChI is InChI=1S/C7H4ClF3IN/c8-2-6-5(12)1-4(3-13-6)7(9,10)11/h1,3H,2H2. The molecule has 0 aromatic carbocycles. The SMILES string of the molecule is FC(F)(F)c1cnc(CCl)c(I)c1. The van der Waals surface area contributed by atoms with E-state index in [9.17, 15) is 13.2 Å². The predicted octanol–water partition coefficient (Wildman–Crippen LogP) is 3.44. The van der Waals surface area contributed by atoms with Crippen LogP contribution in [0.25, 0.3) is 0 Å².